The normalized spacial score (nSPS) is 15.8. The van der Waals surface area contributed by atoms with E-state index in [9.17, 15) is 14.7 Å². The molecule has 170 valence electrons. The second-order valence-corrected chi connectivity index (χ2v) is 9.11. The van der Waals surface area contributed by atoms with Gasteiger partial charge in [0.2, 0.25) is 0 Å². The first-order valence-corrected chi connectivity index (χ1v) is 11.7. The van der Waals surface area contributed by atoms with E-state index in [-0.39, 0.29) is 11.3 Å². The highest BCUT2D eigenvalue weighted by Gasteiger charge is 2.33. The van der Waals surface area contributed by atoms with Gasteiger partial charge >= 0.3 is 5.97 Å². The fourth-order valence-electron chi connectivity index (χ4n) is 3.79. The second kappa shape index (κ2) is 9.36. The van der Waals surface area contributed by atoms with Crippen LogP contribution in [0, 0.1) is 0 Å². The number of ether oxygens (including phenoxy) is 2. The van der Waals surface area contributed by atoms with E-state index in [1.165, 1.54) is 31.6 Å². The van der Waals surface area contributed by atoms with E-state index in [1.807, 2.05) is 37.3 Å². The Hall–Kier alpha value is -3.17. The number of halogens is 1. The van der Waals surface area contributed by atoms with Gasteiger partial charge < -0.3 is 14.6 Å². The van der Waals surface area contributed by atoms with Gasteiger partial charge in [0, 0.05) is 4.47 Å². The van der Waals surface area contributed by atoms with Crippen molar-refractivity contribution in [1.29, 1.82) is 0 Å². The lowest BCUT2D eigenvalue weighted by Crippen LogP contribution is -2.40. The molecule has 1 aliphatic rings. The van der Waals surface area contributed by atoms with Crippen LogP contribution in [0.25, 0.3) is 6.08 Å². The third-order valence-electron chi connectivity index (χ3n) is 5.35. The maximum atomic E-state index is 13.6. The summed E-state index contributed by atoms with van der Waals surface area (Å²) in [6, 6.07) is 11.9. The fraction of sp³-hybridized carbons (Fsp3) is 0.208. The van der Waals surface area contributed by atoms with Gasteiger partial charge in [-0.3, -0.25) is 9.36 Å². The Morgan fingerprint density at radius 2 is 2.00 bits per heavy atom. The number of rotatable bonds is 5. The average molecular weight is 529 g/mol. The summed E-state index contributed by atoms with van der Waals surface area (Å²) in [5.74, 6) is -0.229. The molecule has 4 rings (SSSR count). The maximum absolute atomic E-state index is 13.6. The van der Waals surface area contributed by atoms with Gasteiger partial charge in [-0.25, -0.2) is 9.79 Å². The quantitative estimate of drug-likeness (QED) is 0.513. The lowest BCUT2D eigenvalue weighted by Gasteiger charge is -2.25. The highest BCUT2D eigenvalue weighted by Crippen LogP contribution is 2.33. The topological polar surface area (TPSA) is 90.1 Å². The fourth-order valence-corrected chi connectivity index (χ4v) is 5.25. The van der Waals surface area contributed by atoms with Crippen LogP contribution in [-0.2, 0) is 9.53 Å². The van der Waals surface area contributed by atoms with Crippen LogP contribution in [0.4, 0.5) is 0 Å². The minimum atomic E-state index is -0.648. The number of aromatic hydroxyl groups is 1. The number of hydrogen-bond donors (Lipinski definition) is 1. The molecule has 0 saturated heterocycles. The average Bonchev–Trinajstić information content (AvgIpc) is 3.14. The van der Waals surface area contributed by atoms with E-state index in [0.29, 0.717) is 42.8 Å². The van der Waals surface area contributed by atoms with Crippen LogP contribution in [-0.4, -0.2) is 29.9 Å². The zero-order chi connectivity index (χ0) is 23.7. The van der Waals surface area contributed by atoms with Gasteiger partial charge in [-0.15, -0.1) is 0 Å². The molecule has 2 aromatic carbocycles. The summed E-state index contributed by atoms with van der Waals surface area (Å²) < 4.78 is 12.8. The molecule has 0 spiro atoms. The number of thiazole rings is 1. The molecular weight excluding hydrogens is 508 g/mol. The number of aromatic nitrogens is 1. The summed E-state index contributed by atoms with van der Waals surface area (Å²) in [4.78, 5) is 31.5. The molecule has 0 fully saturated rings. The van der Waals surface area contributed by atoms with Gasteiger partial charge in [0.1, 0.15) is 0 Å². The van der Waals surface area contributed by atoms with Crippen molar-refractivity contribution < 1.29 is 19.4 Å². The number of carbonyl (C=O) groups excluding carboxylic acids is 1. The second-order valence-electron chi connectivity index (χ2n) is 7.24. The van der Waals surface area contributed by atoms with Crippen molar-refractivity contribution >= 4 is 39.3 Å². The zero-order valence-corrected chi connectivity index (χ0v) is 20.6. The highest BCUT2D eigenvalue weighted by atomic mass is 79.9. The number of methoxy groups -OCH3 is 2. The van der Waals surface area contributed by atoms with Crippen molar-refractivity contribution in [3.05, 3.63) is 89.0 Å². The predicted molar refractivity (Wildman–Crippen MR) is 129 cm³/mol. The third-order valence-corrected chi connectivity index (χ3v) is 7.02. The van der Waals surface area contributed by atoms with E-state index in [2.05, 4.69) is 20.9 Å². The molecule has 1 N–H and O–H groups in total. The van der Waals surface area contributed by atoms with Crippen molar-refractivity contribution in [3.63, 3.8) is 0 Å². The molecule has 0 saturated carbocycles. The van der Waals surface area contributed by atoms with E-state index in [1.54, 1.807) is 16.7 Å². The number of fused-ring (bicyclic) bond motifs is 1. The van der Waals surface area contributed by atoms with E-state index < -0.39 is 12.0 Å². The van der Waals surface area contributed by atoms with Crippen molar-refractivity contribution in [1.82, 2.24) is 4.57 Å². The van der Waals surface area contributed by atoms with E-state index in [4.69, 9.17) is 9.47 Å². The number of phenols is 1. The molecule has 2 heterocycles. The molecule has 9 heteroatoms. The first-order valence-electron chi connectivity index (χ1n) is 10.1. The Kier molecular flexibility index (Phi) is 6.53. The molecular formula is C24H21BrN2O5S. The summed E-state index contributed by atoms with van der Waals surface area (Å²) in [5, 5.41) is 9.99. The molecule has 1 aromatic heterocycles. The predicted octanol–water partition coefficient (Wildman–Crippen LogP) is 3.28. The molecule has 0 radical (unpaired) electrons. The Labute approximate surface area is 202 Å². The van der Waals surface area contributed by atoms with E-state index >= 15 is 0 Å². The van der Waals surface area contributed by atoms with Crippen LogP contribution >= 0.6 is 27.3 Å². The number of hydrogen-bond acceptors (Lipinski definition) is 7. The standard InChI is InChI=1S/C24H21BrN2O5S/c1-4-16-20(23(30)32-3)21(13-8-6-5-7-9-13)27-22(29)19(33-24(27)26-16)11-14-10-18(31-2)17(28)12-15(14)25/h5-12,21,28H,4H2,1-3H3/b19-11-/t21-/m0/s1. The molecule has 0 aliphatic carbocycles. The molecule has 33 heavy (non-hydrogen) atoms. The minimum absolute atomic E-state index is 0.0117. The summed E-state index contributed by atoms with van der Waals surface area (Å²) in [6.07, 6.45) is 2.23. The van der Waals surface area contributed by atoms with Crippen LogP contribution in [0.15, 0.2) is 68.0 Å². The molecule has 0 bridgehead atoms. The first kappa shape index (κ1) is 23.0. The van der Waals surface area contributed by atoms with Gasteiger partial charge in [-0.05, 0) is 35.8 Å². The molecule has 1 atom stereocenters. The minimum Gasteiger partial charge on any atom is -0.504 e. The summed E-state index contributed by atoms with van der Waals surface area (Å²) in [5.41, 5.74) is 2.13. The van der Waals surface area contributed by atoms with Crippen molar-refractivity contribution in [2.24, 2.45) is 4.99 Å². The van der Waals surface area contributed by atoms with Gasteiger partial charge in [-0.1, -0.05) is 64.5 Å². The summed E-state index contributed by atoms with van der Waals surface area (Å²) in [7, 11) is 2.78. The zero-order valence-electron chi connectivity index (χ0n) is 18.2. The van der Waals surface area contributed by atoms with Crippen LogP contribution in [0.3, 0.4) is 0 Å². The summed E-state index contributed by atoms with van der Waals surface area (Å²) >= 11 is 4.67. The lowest BCUT2D eigenvalue weighted by atomic mass is 9.95. The Bertz CT molecular complexity index is 1440. The molecule has 3 aromatic rings. The number of esters is 1. The SMILES string of the molecule is CCC1=C(C(=O)OC)[C@H](c2ccccc2)n2c(s/c(=C\c3cc(OC)c(O)cc3Br)c2=O)=N1. The van der Waals surface area contributed by atoms with Gasteiger partial charge in [-0.2, -0.15) is 0 Å². The molecule has 0 amide bonds. The smallest absolute Gasteiger partial charge is 0.338 e. The number of nitrogens with zero attached hydrogens (tertiary/aromatic N) is 2. The monoisotopic (exact) mass is 528 g/mol. The van der Waals surface area contributed by atoms with Gasteiger partial charge in [0.05, 0.1) is 36.1 Å². The van der Waals surface area contributed by atoms with Crippen molar-refractivity contribution in [3.8, 4) is 11.5 Å². The Balaban J connectivity index is 2.00. The molecule has 0 unspecified atom stereocenters. The van der Waals surface area contributed by atoms with Gasteiger partial charge in [0.15, 0.2) is 16.3 Å². The largest absolute Gasteiger partial charge is 0.504 e. The molecule has 1 aliphatic heterocycles. The van der Waals surface area contributed by atoms with Crippen molar-refractivity contribution in [2.45, 2.75) is 19.4 Å². The summed E-state index contributed by atoms with van der Waals surface area (Å²) in [6.45, 7) is 1.91. The lowest BCUT2D eigenvalue weighted by molar-refractivity contribution is -0.136. The van der Waals surface area contributed by atoms with Crippen LogP contribution < -0.4 is 19.6 Å². The van der Waals surface area contributed by atoms with E-state index in [0.717, 1.165) is 5.56 Å². The van der Waals surface area contributed by atoms with Crippen LogP contribution in [0.5, 0.6) is 11.5 Å². The number of allylic oxidation sites excluding steroid dienone is 1. The van der Waals surface area contributed by atoms with Crippen molar-refractivity contribution in [2.75, 3.05) is 14.2 Å². The Morgan fingerprint density at radius 3 is 2.64 bits per heavy atom. The maximum Gasteiger partial charge on any atom is 0.338 e. The van der Waals surface area contributed by atoms with Crippen LogP contribution in [0.2, 0.25) is 0 Å². The molecule has 7 nitrogen and oxygen atoms in total. The Morgan fingerprint density at radius 1 is 1.27 bits per heavy atom. The third kappa shape index (κ3) is 4.14. The number of carbonyl (C=O) groups is 1. The number of benzene rings is 2. The first-order chi connectivity index (χ1) is 15.9. The van der Waals surface area contributed by atoms with Crippen LogP contribution in [0.1, 0.15) is 30.5 Å². The highest BCUT2D eigenvalue weighted by molar-refractivity contribution is 9.10. The number of phenolic OH excluding ortho intramolecular Hbond substituents is 1. The van der Waals surface area contributed by atoms with Gasteiger partial charge in [0.25, 0.3) is 5.56 Å².